The van der Waals surface area contributed by atoms with Crippen LogP contribution in [0.2, 0.25) is 0 Å². The van der Waals surface area contributed by atoms with Crippen LogP contribution >= 0.6 is 12.4 Å². The maximum Gasteiger partial charge on any atom is 0.255 e. The van der Waals surface area contributed by atoms with Gasteiger partial charge in [-0.3, -0.25) is 4.79 Å². The Labute approximate surface area is 125 Å². The summed E-state index contributed by atoms with van der Waals surface area (Å²) >= 11 is 0. The smallest absolute Gasteiger partial charge is 0.255 e. The van der Waals surface area contributed by atoms with Crippen LogP contribution in [0.3, 0.4) is 0 Å². The Kier molecular flexibility index (Phi) is 5.65. The number of hydrogen-bond donors (Lipinski definition) is 2. The minimum Gasteiger partial charge on any atom is -0.493 e. The number of nitrogens with one attached hydrogen (secondary N) is 1. The lowest BCUT2D eigenvalue weighted by Crippen LogP contribution is -2.54. The normalized spacial score (nSPS) is 15.6. The van der Waals surface area contributed by atoms with Crippen molar-refractivity contribution in [1.29, 1.82) is 0 Å². The average Bonchev–Trinajstić information content (AvgIpc) is 2.41. The Hall–Kier alpha value is -1.46. The van der Waals surface area contributed by atoms with E-state index in [0.29, 0.717) is 23.6 Å². The van der Waals surface area contributed by atoms with Crippen LogP contribution in [-0.2, 0) is 0 Å². The van der Waals surface area contributed by atoms with E-state index in [9.17, 15) is 4.79 Å². The van der Waals surface area contributed by atoms with E-state index in [1.165, 1.54) is 7.11 Å². The Morgan fingerprint density at radius 3 is 2.55 bits per heavy atom. The van der Waals surface area contributed by atoms with Crippen molar-refractivity contribution >= 4 is 18.3 Å². The minimum absolute atomic E-state index is 0. The van der Waals surface area contributed by atoms with Crippen molar-refractivity contribution in [2.45, 2.75) is 24.8 Å². The first-order valence-electron chi connectivity index (χ1n) is 6.38. The molecule has 0 unspecified atom stereocenters. The summed E-state index contributed by atoms with van der Waals surface area (Å²) in [4.78, 5) is 12.2. The van der Waals surface area contributed by atoms with E-state index in [0.717, 1.165) is 19.3 Å². The van der Waals surface area contributed by atoms with Gasteiger partial charge in [0, 0.05) is 12.1 Å². The molecule has 0 atom stereocenters. The van der Waals surface area contributed by atoms with E-state index in [4.69, 9.17) is 15.2 Å². The zero-order chi connectivity index (χ0) is 13.9. The van der Waals surface area contributed by atoms with E-state index in [1.54, 1.807) is 25.3 Å². The molecule has 1 aliphatic carbocycles. The number of methoxy groups -OCH3 is 2. The third kappa shape index (κ3) is 3.35. The Balaban J connectivity index is 0.00000200. The molecule has 0 heterocycles. The van der Waals surface area contributed by atoms with E-state index in [1.807, 2.05) is 0 Å². The highest BCUT2D eigenvalue weighted by Crippen LogP contribution is 2.31. The van der Waals surface area contributed by atoms with Gasteiger partial charge in [0.25, 0.3) is 5.91 Å². The number of benzene rings is 1. The molecule has 1 aromatic carbocycles. The third-order valence-electron chi connectivity index (χ3n) is 3.60. The largest absolute Gasteiger partial charge is 0.493 e. The number of hydrogen-bond acceptors (Lipinski definition) is 4. The first-order chi connectivity index (χ1) is 9.09. The molecule has 1 saturated carbocycles. The second kappa shape index (κ2) is 6.81. The van der Waals surface area contributed by atoms with Crippen LogP contribution in [-0.4, -0.2) is 32.2 Å². The lowest BCUT2D eigenvalue weighted by atomic mass is 9.78. The predicted molar refractivity (Wildman–Crippen MR) is 79.9 cm³/mol. The van der Waals surface area contributed by atoms with Crippen molar-refractivity contribution in [3.63, 3.8) is 0 Å². The summed E-state index contributed by atoms with van der Waals surface area (Å²) in [5.41, 5.74) is 6.31. The fourth-order valence-corrected chi connectivity index (χ4v) is 2.23. The van der Waals surface area contributed by atoms with Gasteiger partial charge in [0.2, 0.25) is 0 Å². The second-order valence-corrected chi connectivity index (χ2v) is 4.94. The maximum atomic E-state index is 12.2. The predicted octanol–water partition coefficient (Wildman–Crippen LogP) is 1.74. The Morgan fingerprint density at radius 1 is 1.35 bits per heavy atom. The highest BCUT2D eigenvalue weighted by atomic mass is 35.5. The fourth-order valence-electron chi connectivity index (χ4n) is 2.23. The molecule has 2 rings (SSSR count). The average molecular weight is 301 g/mol. The first-order valence-corrected chi connectivity index (χ1v) is 6.38. The molecule has 0 spiro atoms. The van der Waals surface area contributed by atoms with Crippen LogP contribution in [0.5, 0.6) is 11.5 Å². The lowest BCUT2D eigenvalue weighted by Gasteiger charge is -2.38. The molecule has 6 heteroatoms. The molecular weight excluding hydrogens is 280 g/mol. The van der Waals surface area contributed by atoms with Gasteiger partial charge in [-0.25, -0.2) is 0 Å². The van der Waals surface area contributed by atoms with Crippen LogP contribution in [0.4, 0.5) is 0 Å². The van der Waals surface area contributed by atoms with Gasteiger partial charge in [-0.15, -0.1) is 12.4 Å². The van der Waals surface area contributed by atoms with Crippen LogP contribution in [0, 0.1) is 0 Å². The molecule has 1 aliphatic rings. The van der Waals surface area contributed by atoms with Crippen molar-refractivity contribution in [2.24, 2.45) is 5.73 Å². The Bertz CT molecular complexity index is 475. The summed E-state index contributed by atoms with van der Waals surface area (Å²) in [6, 6.07) is 5.23. The molecule has 112 valence electrons. The number of amides is 1. The molecule has 1 fully saturated rings. The van der Waals surface area contributed by atoms with Gasteiger partial charge in [0.05, 0.1) is 19.8 Å². The van der Waals surface area contributed by atoms with Gasteiger partial charge >= 0.3 is 0 Å². The summed E-state index contributed by atoms with van der Waals surface area (Å²) < 4.78 is 10.4. The summed E-state index contributed by atoms with van der Waals surface area (Å²) in [5, 5.41) is 2.87. The van der Waals surface area contributed by atoms with Gasteiger partial charge < -0.3 is 20.5 Å². The number of para-hydroxylation sites is 1. The molecule has 0 bridgehead atoms. The summed E-state index contributed by atoms with van der Waals surface area (Å²) in [6.07, 6.45) is 3.06. The number of rotatable bonds is 5. The molecule has 0 saturated heterocycles. The number of halogens is 1. The van der Waals surface area contributed by atoms with E-state index >= 15 is 0 Å². The molecule has 5 nitrogen and oxygen atoms in total. The van der Waals surface area contributed by atoms with Gasteiger partial charge in [-0.05, 0) is 31.4 Å². The van der Waals surface area contributed by atoms with Crippen molar-refractivity contribution < 1.29 is 14.3 Å². The van der Waals surface area contributed by atoms with Gasteiger partial charge in [-0.1, -0.05) is 6.07 Å². The monoisotopic (exact) mass is 300 g/mol. The maximum absolute atomic E-state index is 12.2. The van der Waals surface area contributed by atoms with Crippen LogP contribution in [0.25, 0.3) is 0 Å². The van der Waals surface area contributed by atoms with Crippen LogP contribution in [0.15, 0.2) is 18.2 Å². The highest BCUT2D eigenvalue weighted by Gasteiger charge is 2.33. The van der Waals surface area contributed by atoms with Crippen LogP contribution < -0.4 is 20.5 Å². The number of carbonyl (C=O) groups is 1. The molecule has 0 aliphatic heterocycles. The third-order valence-corrected chi connectivity index (χ3v) is 3.60. The van der Waals surface area contributed by atoms with Crippen molar-refractivity contribution in [2.75, 3.05) is 20.8 Å². The van der Waals surface area contributed by atoms with Gasteiger partial charge in [0.15, 0.2) is 11.5 Å². The van der Waals surface area contributed by atoms with E-state index in [2.05, 4.69) is 5.32 Å². The molecule has 0 aromatic heterocycles. The standard InChI is InChI=1S/C14H20N2O3.ClH/c1-18-11-6-3-5-10(12(11)19-2)13(17)16-9-14(15)7-4-8-14;/h3,5-6H,4,7-9,15H2,1-2H3,(H,16,17);1H. The highest BCUT2D eigenvalue weighted by molar-refractivity contribution is 5.97. The molecule has 0 radical (unpaired) electrons. The van der Waals surface area contributed by atoms with Crippen molar-refractivity contribution in [1.82, 2.24) is 5.32 Å². The number of carbonyl (C=O) groups excluding carboxylic acids is 1. The number of nitrogens with two attached hydrogens (primary N) is 1. The van der Waals surface area contributed by atoms with Gasteiger partial charge in [-0.2, -0.15) is 0 Å². The van der Waals surface area contributed by atoms with E-state index < -0.39 is 0 Å². The Morgan fingerprint density at radius 2 is 2.05 bits per heavy atom. The van der Waals surface area contributed by atoms with Gasteiger partial charge in [0.1, 0.15) is 0 Å². The zero-order valence-electron chi connectivity index (χ0n) is 11.8. The summed E-state index contributed by atoms with van der Waals surface area (Å²) in [7, 11) is 3.06. The SMILES string of the molecule is COc1cccc(C(=O)NCC2(N)CCC2)c1OC.Cl. The fraction of sp³-hybridized carbons (Fsp3) is 0.500. The molecule has 1 aromatic rings. The minimum atomic E-state index is -0.234. The molecule has 20 heavy (non-hydrogen) atoms. The van der Waals surface area contributed by atoms with E-state index in [-0.39, 0.29) is 23.9 Å². The second-order valence-electron chi connectivity index (χ2n) is 4.94. The van der Waals surface area contributed by atoms with Crippen molar-refractivity contribution in [3.8, 4) is 11.5 Å². The first kappa shape index (κ1) is 16.6. The lowest BCUT2D eigenvalue weighted by molar-refractivity contribution is 0.0926. The molecular formula is C14H21ClN2O3. The summed E-state index contributed by atoms with van der Waals surface area (Å²) in [6.45, 7) is 0.492. The van der Waals surface area contributed by atoms with Crippen LogP contribution in [0.1, 0.15) is 29.6 Å². The molecule has 1 amide bonds. The van der Waals surface area contributed by atoms with Crippen molar-refractivity contribution in [3.05, 3.63) is 23.8 Å². The zero-order valence-corrected chi connectivity index (χ0v) is 12.6. The topological polar surface area (TPSA) is 73.6 Å². The summed E-state index contributed by atoms with van der Waals surface area (Å²) in [5.74, 6) is 0.802. The molecule has 3 N–H and O–H groups in total. The quantitative estimate of drug-likeness (QED) is 0.868. The number of ether oxygens (including phenoxy) is 2.